The van der Waals surface area contributed by atoms with Crippen LogP contribution in [-0.4, -0.2) is 25.0 Å². The molecule has 0 aromatic carbocycles. The average molecular weight is 249 g/mol. The van der Waals surface area contributed by atoms with Crippen LogP contribution in [0.25, 0.3) is 0 Å². The molecular weight excluding hydrogens is 226 g/mol. The van der Waals surface area contributed by atoms with E-state index >= 15 is 0 Å². The smallest absolute Gasteiger partial charge is 0.227 e. The molecule has 1 heterocycles. The van der Waals surface area contributed by atoms with Crippen LogP contribution in [0.1, 0.15) is 45.4 Å². The molecule has 1 saturated heterocycles. The first kappa shape index (κ1) is 13.4. The van der Waals surface area contributed by atoms with Crippen molar-refractivity contribution in [3.8, 4) is 6.07 Å². The highest BCUT2D eigenvalue weighted by Gasteiger charge is 2.40. The van der Waals surface area contributed by atoms with Gasteiger partial charge < -0.3 is 10.6 Å². The van der Waals surface area contributed by atoms with Crippen LogP contribution in [0.3, 0.4) is 0 Å². The summed E-state index contributed by atoms with van der Waals surface area (Å²) < 4.78 is 0. The molecule has 18 heavy (non-hydrogen) atoms. The minimum atomic E-state index is -0.249. The van der Waals surface area contributed by atoms with Crippen molar-refractivity contribution in [2.24, 2.45) is 11.3 Å². The summed E-state index contributed by atoms with van der Waals surface area (Å²) in [6.45, 7) is 3.88. The van der Waals surface area contributed by atoms with Crippen molar-refractivity contribution in [1.29, 1.82) is 5.26 Å². The molecule has 0 aromatic rings. The lowest BCUT2D eigenvalue weighted by Crippen LogP contribution is -2.53. The summed E-state index contributed by atoms with van der Waals surface area (Å²) in [6, 6.07) is 2.40. The molecule has 0 bridgehead atoms. The van der Waals surface area contributed by atoms with Gasteiger partial charge in [-0.3, -0.25) is 4.79 Å². The topological polar surface area (TPSA) is 64.9 Å². The van der Waals surface area contributed by atoms with E-state index in [4.69, 9.17) is 5.26 Å². The fraction of sp³-hybridized carbons (Fsp3) is 0.857. The summed E-state index contributed by atoms with van der Waals surface area (Å²) in [5.41, 5.74) is -0.249. The molecule has 3 atom stereocenters. The largest absolute Gasteiger partial charge is 0.352 e. The summed E-state index contributed by atoms with van der Waals surface area (Å²) in [5, 5.41) is 15.5. The minimum absolute atomic E-state index is 0.0133. The Bertz CT molecular complexity index is 341. The van der Waals surface area contributed by atoms with E-state index in [-0.39, 0.29) is 23.3 Å². The van der Waals surface area contributed by atoms with Crippen molar-refractivity contribution in [3.63, 3.8) is 0 Å². The maximum Gasteiger partial charge on any atom is 0.227 e. The van der Waals surface area contributed by atoms with Crippen LogP contribution in [0, 0.1) is 22.7 Å². The molecule has 3 unspecified atom stereocenters. The Morgan fingerprint density at radius 2 is 2.33 bits per heavy atom. The van der Waals surface area contributed by atoms with Gasteiger partial charge in [0.25, 0.3) is 0 Å². The maximum atomic E-state index is 12.5. The van der Waals surface area contributed by atoms with Gasteiger partial charge in [0.15, 0.2) is 0 Å². The standard InChI is InChI=1S/C14H23N3O/c1-2-14(7-4-8-16-10-14)13(18)17-12-6-3-5-11(12)9-15/h11-12,16H,2-8,10H2,1H3,(H,17,18). The predicted octanol–water partition coefficient (Wildman–Crippen LogP) is 1.57. The zero-order chi connectivity index (χ0) is 13.0. The third-order valence-electron chi connectivity index (χ3n) is 4.63. The third kappa shape index (κ3) is 2.51. The van der Waals surface area contributed by atoms with Gasteiger partial charge in [-0.2, -0.15) is 5.26 Å². The SMILES string of the molecule is CCC1(C(=O)NC2CCCC2C#N)CCCNC1. The van der Waals surface area contributed by atoms with Gasteiger partial charge in [-0.25, -0.2) is 0 Å². The van der Waals surface area contributed by atoms with Gasteiger partial charge in [0.05, 0.1) is 17.4 Å². The molecular formula is C14H23N3O. The number of hydrogen-bond acceptors (Lipinski definition) is 3. The number of nitriles is 1. The highest BCUT2D eigenvalue weighted by Crippen LogP contribution is 2.32. The van der Waals surface area contributed by atoms with Crippen LogP contribution in [0.2, 0.25) is 0 Å². The Morgan fingerprint density at radius 3 is 2.94 bits per heavy atom. The summed E-state index contributed by atoms with van der Waals surface area (Å²) in [4.78, 5) is 12.5. The van der Waals surface area contributed by atoms with Gasteiger partial charge in [0.2, 0.25) is 5.91 Å². The fourth-order valence-corrected chi connectivity index (χ4v) is 3.23. The van der Waals surface area contributed by atoms with E-state index in [1.807, 2.05) is 0 Å². The third-order valence-corrected chi connectivity index (χ3v) is 4.63. The number of nitrogens with one attached hydrogen (secondary N) is 2. The van der Waals surface area contributed by atoms with Crippen LogP contribution < -0.4 is 10.6 Å². The Labute approximate surface area is 109 Å². The average Bonchev–Trinajstić information content (AvgIpc) is 2.86. The van der Waals surface area contributed by atoms with Gasteiger partial charge in [-0.05, 0) is 45.1 Å². The number of carbonyl (C=O) groups is 1. The lowest BCUT2D eigenvalue weighted by molar-refractivity contribution is -0.133. The van der Waals surface area contributed by atoms with Crippen molar-refractivity contribution in [1.82, 2.24) is 10.6 Å². The second kappa shape index (κ2) is 5.71. The van der Waals surface area contributed by atoms with Crippen LogP contribution in [0.5, 0.6) is 0 Å². The maximum absolute atomic E-state index is 12.5. The molecule has 2 rings (SSSR count). The Hall–Kier alpha value is -1.08. The van der Waals surface area contributed by atoms with Crippen molar-refractivity contribution >= 4 is 5.91 Å². The van der Waals surface area contributed by atoms with Crippen LogP contribution in [0.15, 0.2) is 0 Å². The second-order valence-corrected chi connectivity index (χ2v) is 5.66. The highest BCUT2D eigenvalue weighted by molar-refractivity contribution is 5.83. The van der Waals surface area contributed by atoms with Gasteiger partial charge >= 0.3 is 0 Å². The number of piperidine rings is 1. The fourth-order valence-electron chi connectivity index (χ4n) is 3.23. The molecule has 1 aliphatic heterocycles. The summed E-state index contributed by atoms with van der Waals surface area (Å²) in [5.74, 6) is 0.170. The molecule has 0 aromatic heterocycles. The zero-order valence-corrected chi connectivity index (χ0v) is 11.2. The summed E-state index contributed by atoms with van der Waals surface area (Å²) >= 11 is 0. The number of rotatable bonds is 3. The molecule has 4 heteroatoms. The van der Waals surface area contributed by atoms with Crippen LogP contribution >= 0.6 is 0 Å². The lowest BCUT2D eigenvalue weighted by Gasteiger charge is -2.36. The van der Waals surface area contributed by atoms with E-state index in [0.29, 0.717) is 0 Å². The molecule has 100 valence electrons. The van der Waals surface area contributed by atoms with Gasteiger partial charge in [-0.1, -0.05) is 6.92 Å². The molecule has 1 saturated carbocycles. The quantitative estimate of drug-likeness (QED) is 0.798. The molecule has 1 amide bonds. The Kier molecular flexibility index (Phi) is 4.23. The minimum Gasteiger partial charge on any atom is -0.352 e. The normalized spacial score (nSPS) is 36.0. The number of carbonyl (C=O) groups excluding carboxylic acids is 1. The lowest BCUT2D eigenvalue weighted by atomic mass is 9.77. The Morgan fingerprint density at radius 1 is 1.50 bits per heavy atom. The summed E-state index contributed by atoms with van der Waals surface area (Å²) in [6.07, 6.45) is 5.84. The summed E-state index contributed by atoms with van der Waals surface area (Å²) in [7, 11) is 0. The van der Waals surface area contributed by atoms with E-state index in [2.05, 4.69) is 23.6 Å². The van der Waals surface area contributed by atoms with Crippen molar-refractivity contribution < 1.29 is 4.79 Å². The first-order chi connectivity index (χ1) is 8.72. The number of hydrogen-bond donors (Lipinski definition) is 2. The van der Waals surface area contributed by atoms with Gasteiger partial charge in [0, 0.05) is 12.6 Å². The molecule has 4 nitrogen and oxygen atoms in total. The monoisotopic (exact) mass is 249 g/mol. The van der Waals surface area contributed by atoms with E-state index < -0.39 is 0 Å². The predicted molar refractivity (Wildman–Crippen MR) is 69.7 cm³/mol. The van der Waals surface area contributed by atoms with Gasteiger partial charge in [0.1, 0.15) is 0 Å². The van der Waals surface area contributed by atoms with Crippen LogP contribution in [0.4, 0.5) is 0 Å². The molecule has 0 spiro atoms. The first-order valence-electron chi connectivity index (χ1n) is 7.13. The van der Waals surface area contributed by atoms with E-state index in [0.717, 1.165) is 51.6 Å². The molecule has 1 aliphatic carbocycles. The first-order valence-corrected chi connectivity index (χ1v) is 7.13. The Balaban J connectivity index is 1.99. The zero-order valence-electron chi connectivity index (χ0n) is 11.2. The molecule has 2 fully saturated rings. The highest BCUT2D eigenvalue weighted by atomic mass is 16.2. The second-order valence-electron chi connectivity index (χ2n) is 5.66. The molecule has 0 radical (unpaired) electrons. The van der Waals surface area contributed by atoms with E-state index in [1.165, 1.54) is 0 Å². The molecule has 2 N–H and O–H groups in total. The van der Waals surface area contributed by atoms with Gasteiger partial charge in [-0.15, -0.1) is 0 Å². The van der Waals surface area contributed by atoms with Crippen LogP contribution in [-0.2, 0) is 4.79 Å². The van der Waals surface area contributed by atoms with Crippen molar-refractivity contribution in [2.45, 2.75) is 51.5 Å². The van der Waals surface area contributed by atoms with Crippen molar-refractivity contribution in [3.05, 3.63) is 0 Å². The van der Waals surface area contributed by atoms with E-state index in [9.17, 15) is 4.79 Å². The number of amides is 1. The number of nitrogens with zero attached hydrogens (tertiary/aromatic N) is 1. The van der Waals surface area contributed by atoms with Crippen molar-refractivity contribution in [2.75, 3.05) is 13.1 Å². The van der Waals surface area contributed by atoms with E-state index in [1.54, 1.807) is 0 Å². The molecule has 2 aliphatic rings.